The molecule has 1 atom stereocenters. The summed E-state index contributed by atoms with van der Waals surface area (Å²) in [6, 6.07) is 4.00. The van der Waals surface area contributed by atoms with Crippen molar-refractivity contribution in [3.63, 3.8) is 0 Å². The Balaban J connectivity index is 2.40. The third-order valence-electron chi connectivity index (χ3n) is 1.93. The lowest BCUT2D eigenvalue weighted by atomic mass is 10.2. The largest absolute Gasteiger partial charge is 0.496 e. The van der Waals surface area contributed by atoms with Crippen molar-refractivity contribution >= 4 is 16.3 Å². The molecule has 88 valence electrons. The van der Waals surface area contributed by atoms with Crippen LogP contribution in [0.3, 0.4) is 0 Å². The molecule has 0 saturated carbocycles. The quantitative estimate of drug-likeness (QED) is 0.597. The van der Waals surface area contributed by atoms with Gasteiger partial charge in [0.15, 0.2) is 6.16 Å². The van der Waals surface area contributed by atoms with Crippen molar-refractivity contribution in [2.24, 2.45) is 0 Å². The van der Waals surface area contributed by atoms with Crippen molar-refractivity contribution in [2.75, 3.05) is 6.16 Å². The maximum Gasteiger partial charge on any atom is 0.496 e. The highest BCUT2D eigenvalue weighted by molar-refractivity contribution is 7.41. The number of hydrogen-bond donors (Lipinski definition) is 0. The van der Waals surface area contributed by atoms with E-state index in [1.807, 2.05) is 44.9 Å². The highest BCUT2D eigenvalue weighted by Gasteiger charge is 2.29. The SMILES string of the molecule is Cc1ccc(CC[P+](=O)O[Si](C)(C)C)cn1. The lowest BCUT2D eigenvalue weighted by Gasteiger charge is -2.05. The van der Waals surface area contributed by atoms with Gasteiger partial charge in [-0.3, -0.25) is 4.98 Å². The molecule has 1 aromatic heterocycles. The first-order valence-corrected chi connectivity index (χ1v) is 10.2. The standard InChI is InChI=1S/C11H19NO2PSi/c1-10-5-6-11(9-12-10)7-8-15(13)14-16(2,3)4/h5-6,9H,7-8H2,1-4H3/q+1. The van der Waals surface area contributed by atoms with E-state index in [-0.39, 0.29) is 0 Å². The van der Waals surface area contributed by atoms with Gasteiger partial charge in [-0.05, 0) is 42.8 Å². The van der Waals surface area contributed by atoms with Crippen LogP contribution in [-0.2, 0) is 15.2 Å². The molecule has 0 N–H and O–H groups in total. The molecule has 0 spiro atoms. The molecule has 1 heterocycles. The maximum absolute atomic E-state index is 11.6. The lowest BCUT2D eigenvalue weighted by Crippen LogP contribution is -2.21. The van der Waals surface area contributed by atoms with E-state index in [9.17, 15) is 4.57 Å². The number of rotatable bonds is 5. The van der Waals surface area contributed by atoms with Gasteiger partial charge < -0.3 is 0 Å². The van der Waals surface area contributed by atoms with Gasteiger partial charge in [-0.1, -0.05) is 6.07 Å². The number of nitrogens with zero attached hydrogens (tertiary/aromatic N) is 1. The Labute approximate surface area is 99.2 Å². The maximum atomic E-state index is 11.6. The van der Waals surface area contributed by atoms with E-state index < -0.39 is 16.3 Å². The lowest BCUT2D eigenvalue weighted by molar-refractivity contribution is 0.504. The molecule has 16 heavy (non-hydrogen) atoms. The molecule has 0 bridgehead atoms. The highest BCUT2D eigenvalue weighted by Crippen LogP contribution is 2.28. The van der Waals surface area contributed by atoms with Crippen molar-refractivity contribution in [3.05, 3.63) is 29.6 Å². The fourth-order valence-corrected chi connectivity index (χ4v) is 4.47. The van der Waals surface area contributed by atoms with Crippen LogP contribution in [0.5, 0.6) is 0 Å². The third-order valence-corrected chi connectivity index (χ3v) is 5.53. The molecular weight excluding hydrogens is 237 g/mol. The Hall–Kier alpha value is -0.573. The van der Waals surface area contributed by atoms with Gasteiger partial charge in [0, 0.05) is 18.3 Å². The summed E-state index contributed by atoms with van der Waals surface area (Å²) in [5, 5.41) is 0. The molecule has 1 unspecified atom stereocenters. The zero-order valence-corrected chi connectivity index (χ0v) is 12.3. The van der Waals surface area contributed by atoms with E-state index in [0.717, 1.165) is 17.7 Å². The molecule has 0 aliphatic heterocycles. The van der Waals surface area contributed by atoms with Crippen LogP contribution in [0.2, 0.25) is 19.6 Å². The fraction of sp³-hybridized carbons (Fsp3) is 0.545. The number of pyridine rings is 1. The monoisotopic (exact) mass is 256 g/mol. The van der Waals surface area contributed by atoms with Crippen molar-refractivity contribution in [2.45, 2.75) is 33.0 Å². The number of aromatic nitrogens is 1. The zero-order chi connectivity index (χ0) is 12.2. The first-order valence-electron chi connectivity index (χ1n) is 5.42. The van der Waals surface area contributed by atoms with Crippen molar-refractivity contribution in [1.82, 2.24) is 4.98 Å². The van der Waals surface area contributed by atoms with Gasteiger partial charge in [0.2, 0.25) is 0 Å². The van der Waals surface area contributed by atoms with Crippen molar-refractivity contribution in [3.8, 4) is 0 Å². The molecule has 0 fully saturated rings. The van der Waals surface area contributed by atoms with E-state index >= 15 is 0 Å². The van der Waals surface area contributed by atoms with E-state index in [4.69, 9.17) is 4.21 Å². The predicted molar refractivity (Wildman–Crippen MR) is 69.6 cm³/mol. The second kappa shape index (κ2) is 5.67. The molecule has 5 heteroatoms. The summed E-state index contributed by atoms with van der Waals surface area (Å²) >= 11 is 0. The van der Waals surface area contributed by atoms with Crippen molar-refractivity contribution < 1.29 is 8.78 Å². The molecule has 3 nitrogen and oxygen atoms in total. The summed E-state index contributed by atoms with van der Waals surface area (Å²) in [7, 11) is -3.18. The normalized spacial score (nSPS) is 12.6. The Morgan fingerprint density at radius 2 is 2.06 bits per heavy atom. The molecule has 0 aliphatic rings. The number of aryl methyl sites for hydroxylation is 2. The van der Waals surface area contributed by atoms with E-state index in [0.29, 0.717) is 6.16 Å². The van der Waals surface area contributed by atoms with Gasteiger partial charge in [0.25, 0.3) is 8.32 Å². The van der Waals surface area contributed by atoms with Gasteiger partial charge in [-0.2, -0.15) is 0 Å². The molecular formula is C11H19NO2PSi+. The molecule has 0 aliphatic carbocycles. The average Bonchev–Trinajstić information content (AvgIpc) is 2.14. The molecule has 0 radical (unpaired) electrons. The third kappa shape index (κ3) is 5.49. The fourth-order valence-electron chi connectivity index (χ4n) is 1.22. The van der Waals surface area contributed by atoms with E-state index in [2.05, 4.69) is 4.98 Å². The van der Waals surface area contributed by atoms with Gasteiger partial charge in [-0.25, -0.2) is 4.21 Å². The summed E-state index contributed by atoms with van der Waals surface area (Å²) in [6.45, 7) is 8.10. The Morgan fingerprint density at radius 1 is 1.38 bits per heavy atom. The van der Waals surface area contributed by atoms with Gasteiger partial charge in [0.05, 0.1) is 0 Å². The smallest absolute Gasteiger partial charge is 0.261 e. The molecule has 0 aromatic carbocycles. The summed E-state index contributed by atoms with van der Waals surface area (Å²) in [4.78, 5) is 4.20. The first-order chi connectivity index (χ1) is 7.37. The highest BCUT2D eigenvalue weighted by atomic mass is 31.1. The summed E-state index contributed by atoms with van der Waals surface area (Å²) < 4.78 is 17.2. The van der Waals surface area contributed by atoms with Gasteiger partial charge in [0.1, 0.15) is 0 Å². The van der Waals surface area contributed by atoms with Crippen molar-refractivity contribution in [1.29, 1.82) is 0 Å². The summed E-state index contributed by atoms with van der Waals surface area (Å²) in [5.41, 5.74) is 2.12. The van der Waals surface area contributed by atoms with Crippen LogP contribution < -0.4 is 0 Å². The van der Waals surface area contributed by atoms with Crippen LogP contribution in [0.4, 0.5) is 0 Å². The Bertz CT molecular complexity index is 359. The average molecular weight is 256 g/mol. The van der Waals surface area contributed by atoms with Crippen LogP contribution >= 0.6 is 8.03 Å². The summed E-state index contributed by atoms with van der Waals surface area (Å²) in [5.74, 6) is 0. The van der Waals surface area contributed by atoms with E-state index in [1.165, 1.54) is 0 Å². The van der Waals surface area contributed by atoms with Crippen LogP contribution in [0.15, 0.2) is 18.3 Å². The predicted octanol–water partition coefficient (Wildman–Crippen LogP) is 3.53. The molecule has 0 saturated heterocycles. The minimum absolute atomic E-state index is 0.588. The minimum atomic E-state index is -1.67. The molecule has 0 amide bonds. The zero-order valence-electron chi connectivity index (χ0n) is 10.4. The Kier molecular flexibility index (Phi) is 4.78. The topological polar surface area (TPSA) is 39.2 Å². The van der Waals surface area contributed by atoms with Crippen LogP contribution in [0.1, 0.15) is 11.3 Å². The van der Waals surface area contributed by atoms with E-state index in [1.54, 1.807) is 0 Å². The van der Waals surface area contributed by atoms with Gasteiger partial charge >= 0.3 is 8.03 Å². The van der Waals surface area contributed by atoms with Crippen LogP contribution in [0, 0.1) is 6.92 Å². The molecule has 1 rings (SSSR count). The first kappa shape index (κ1) is 13.5. The van der Waals surface area contributed by atoms with Crippen LogP contribution in [0.25, 0.3) is 0 Å². The van der Waals surface area contributed by atoms with Gasteiger partial charge in [-0.15, -0.1) is 0 Å². The van der Waals surface area contributed by atoms with Crippen LogP contribution in [-0.4, -0.2) is 19.5 Å². The second-order valence-corrected chi connectivity index (χ2v) is 10.9. The second-order valence-electron chi connectivity index (χ2n) is 4.82. The molecule has 1 aromatic rings. The summed E-state index contributed by atoms with van der Waals surface area (Å²) in [6.07, 6.45) is 3.20. The number of hydrogen-bond acceptors (Lipinski definition) is 3. The Morgan fingerprint density at radius 3 is 2.56 bits per heavy atom. The minimum Gasteiger partial charge on any atom is -0.261 e.